The summed E-state index contributed by atoms with van der Waals surface area (Å²) in [6, 6.07) is 0. The first-order valence-corrected chi connectivity index (χ1v) is 23.0. The van der Waals surface area contributed by atoms with Crippen LogP contribution in [0.1, 0.15) is 265 Å². The van der Waals surface area contributed by atoms with Gasteiger partial charge in [-0.1, -0.05) is 239 Å². The van der Waals surface area contributed by atoms with Crippen LogP contribution in [0.15, 0.2) is 12.4 Å². The largest absolute Gasteiger partial charge is 0.356 e. The molecule has 0 aromatic carbocycles. The average Bonchev–Trinajstić information content (AvgIpc) is 3.48. The Bertz CT molecular complexity index is 590. The van der Waals surface area contributed by atoms with Crippen molar-refractivity contribution in [2.45, 2.75) is 271 Å². The van der Waals surface area contributed by atoms with Crippen molar-refractivity contribution in [1.82, 2.24) is 9.80 Å². The van der Waals surface area contributed by atoms with E-state index in [1.54, 1.807) is 0 Å². The van der Waals surface area contributed by atoms with Gasteiger partial charge in [0, 0.05) is 25.5 Å². The third kappa shape index (κ3) is 29.1. The van der Waals surface area contributed by atoms with Gasteiger partial charge in [0.15, 0.2) is 0 Å². The molecule has 1 rings (SSSR count). The summed E-state index contributed by atoms with van der Waals surface area (Å²) < 4.78 is 0. The van der Waals surface area contributed by atoms with Gasteiger partial charge in [-0.05, 0) is 25.7 Å². The summed E-state index contributed by atoms with van der Waals surface area (Å²) >= 11 is 0. The normalized spacial score (nSPS) is 13.5. The molecule has 1 heterocycles. The van der Waals surface area contributed by atoms with Gasteiger partial charge in [-0.15, -0.1) is 0 Å². The molecular formula is C46H92N2. The fraction of sp³-hybridized carbons (Fsp3) is 0.957. The third-order valence-corrected chi connectivity index (χ3v) is 11.3. The Morgan fingerprint density at radius 3 is 0.729 bits per heavy atom. The summed E-state index contributed by atoms with van der Waals surface area (Å²) in [5.41, 5.74) is 0. The van der Waals surface area contributed by atoms with E-state index >= 15 is 0 Å². The molecule has 1 aliphatic heterocycles. The van der Waals surface area contributed by atoms with E-state index < -0.39 is 0 Å². The Hall–Kier alpha value is -0.660. The van der Waals surface area contributed by atoms with E-state index in [1.165, 1.54) is 257 Å². The minimum atomic E-state index is 0.637. The summed E-state index contributed by atoms with van der Waals surface area (Å²) in [4.78, 5) is 5.47. The van der Waals surface area contributed by atoms with Crippen molar-refractivity contribution in [1.29, 1.82) is 0 Å². The van der Waals surface area contributed by atoms with Crippen LogP contribution >= 0.6 is 0 Å². The molecule has 286 valence electrons. The third-order valence-electron chi connectivity index (χ3n) is 11.3. The van der Waals surface area contributed by atoms with Crippen molar-refractivity contribution >= 4 is 0 Å². The molecule has 0 N–H and O–H groups in total. The van der Waals surface area contributed by atoms with E-state index in [0.717, 1.165) is 0 Å². The van der Waals surface area contributed by atoms with E-state index in [9.17, 15) is 0 Å². The Balaban J connectivity index is 2.21. The van der Waals surface area contributed by atoms with E-state index in [-0.39, 0.29) is 0 Å². The van der Waals surface area contributed by atoms with Crippen LogP contribution in [0.3, 0.4) is 0 Å². The molecule has 0 saturated carbocycles. The van der Waals surface area contributed by atoms with E-state index in [1.807, 2.05) is 0 Å². The first-order valence-electron chi connectivity index (χ1n) is 23.0. The molecule has 0 aliphatic carbocycles. The van der Waals surface area contributed by atoms with Gasteiger partial charge < -0.3 is 9.80 Å². The van der Waals surface area contributed by atoms with Gasteiger partial charge in [-0.2, -0.15) is 0 Å². The first-order chi connectivity index (χ1) is 23.8. The maximum atomic E-state index is 2.73. The maximum Gasteiger partial charge on any atom is 0.101 e. The van der Waals surface area contributed by atoms with Crippen molar-refractivity contribution < 1.29 is 0 Å². The van der Waals surface area contributed by atoms with Crippen molar-refractivity contribution in [3.8, 4) is 0 Å². The number of unbranched alkanes of at least 4 members (excludes halogenated alkanes) is 34. The minimum Gasteiger partial charge on any atom is -0.356 e. The van der Waals surface area contributed by atoms with Crippen LogP contribution in [0.2, 0.25) is 0 Å². The predicted molar refractivity (Wildman–Crippen MR) is 219 cm³/mol. The highest BCUT2D eigenvalue weighted by atomic mass is 15.4. The second-order valence-electron chi connectivity index (χ2n) is 16.1. The predicted octanol–water partition coefficient (Wildman–Crippen LogP) is 16.3. The van der Waals surface area contributed by atoms with Crippen LogP contribution in [-0.4, -0.2) is 29.1 Å². The van der Waals surface area contributed by atoms with Gasteiger partial charge >= 0.3 is 0 Å². The second kappa shape index (κ2) is 37.6. The fourth-order valence-electron chi connectivity index (χ4n) is 7.95. The van der Waals surface area contributed by atoms with Crippen LogP contribution < -0.4 is 0 Å². The number of rotatable bonds is 40. The van der Waals surface area contributed by atoms with Crippen LogP contribution in [0, 0.1) is 0 Å². The lowest BCUT2D eigenvalue weighted by molar-refractivity contribution is 0.135. The number of nitrogens with zero attached hydrogens (tertiary/aromatic N) is 2. The summed E-state index contributed by atoms with van der Waals surface area (Å²) in [6.45, 7) is 9.49. The molecule has 0 aromatic heterocycles. The standard InChI is InChI=1S/C46H92N2/c1-4-7-10-13-16-19-22-24-27-30-33-36-39-42-47-44-45-48(43-40-37-34-31-28-25-23-20-17-14-11-8-5-2)46(47)41-38-35-32-29-26-21-18-15-12-9-6-3/h44-46H,4-43H2,1-3H3. The van der Waals surface area contributed by atoms with Crippen molar-refractivity contribution in [2.75, 3.05) is 13.1 Å². The van der Waals surface area contributed by atoms with Gasteiger partial charge in [0.1, 0.15) is 6.17 Å². The second-order valence-corrected chi connectivity index (χ2v) is 16.1. The molecule has 2 nitrogen and oxygen atoms in total. The molecule has 48 heavy (non-hydrogen) atoms. The highest BCUT2D eigenvalue weighted by Gasteiger charge is 2.24. The van der Waals surface area contributed by atoms with Gasteiger partial charge in [-0.25, -0.2) is 0 Å². The molecular weight excluding hydrogens is 581 g/mol. The highest BCUT2D eigenvalue weighted by Crippen LogP contribution is 2.24. The number of hydrogen-bond acceptors (Lipinski definition) is 2. The highest BCUT2D eigenvalue weighted by molar-refractivity contribution is 4.97. The summed E-state index contributed by atoms with van der Waals surface area (Å²) in [7, 11) is 0. The van der Waals surface area contributed by atoms with Gasteiger partial charge in [0.25, 0.3) is 0 Å². The van der Waals surface area contributed by atoms with Gasteiger partial charge in [-0.3, -0.25) is 0 Å². The maximum absolute atomic E-state index is 2.73. The van der Waals surface area contributed by atoms with Gasteiger partial charge in [0.05, 0.1) is 0 Å². The van der Waals surface area contributed by atoms with Crippen LogP contribution in [0.5, 0.6) is 0 Å². The zero-order valence-electron chi connectivity index (χ0n) is 33.9. The smallest absolute Gasteiger partial charge is 0.101 e. The van der Waals surface area contributed by atoms with Crippen molar-refractivity contribution in [3.63, 3.8) is 0 Å². The minimum absolute atomic E-state index is 0.637. The molecule has 0 fully saturated rings. The molecule has 0 bridgehead atoms. The van der Waals surface area contributed by atoms with Crippen LogP contribution in [0.4, 0.5) is 0 Å². The first kappa shape index (κ1) is 45.4. The van der Waals surface area contributed by atoms with Crippen molar-refractivity contribution in [3.05, 3.63) is 12.4 Å². The quantitative estimate of drug-likeness (QED) is 0.0598. The lowest BCUT2D eigenvalue weighted by atomic mass is 10.0. The molecule has 0 unspecified atom stereocenters. The summed E-state index contributed by atoms with van der Waals surface area (Å²) in [5.74, 6) is 0. The molecule has 0 spiro atoms. The van der Waals surface area contributed by atoms with E-state index in [0.29, 0.717) is 6.17 Å². The Labute approximate surface area is 305 Å². The SMILES string of the molecule is CCCCCCCCCCCCCCCN1C=CN(CCCCCCCCCCCCCCC)C1CCCCCCCCCCCCC. The summed E-state index contributed by atoms with van der Waals surface area (Å²) in [5, 5.41) is 0. The Kier molecular flexibility index (Phi) is 35.5. The molecule has 0 saturated heterocycles. The van der Waals surface area contributed by atoms with Crippen LogP contribution in [0.25, 0.3) is 0 Å². The summed E-state index contributed by atoms with van der Waals surface area (Å²) in [6.07, 6.45) is 60.4. The molecule has 0 radical (unpaired) electrons. The molecule has 1 aliphatic rings. The fourth-order valence-corrected chi connectivity index (χ4v) is 7.95. The monoisotopic (exact) mass is 673 g/mol. The van der Waals surface area contributed by atoms with Crippen LogP contribution in [-0.2, 0) is 0 Å². The lowest BCUT2D eigenvalue weighted by Gasteiger charge is -2.33. The zero-order valence-corrected chi connectivity index (χ0v) is 33.9. The zero-order chi connectivity index (χ0) is 34.4. The number of hydrogen-bond donors (Lipinski definition) is 0. The topological polar surface area (TPSA) is 6.48 Å². The Morgan fingerprint density at radius 2 is 0.479 bits per heavy atom. The molecule has 2 heteroatoms. The lowest BCUT2D eigenvalue weighted by Crippen LogP contribution is -2.39. The molecule has 0 aromatic rings. The average molecular weight is 673 g/mol. The van der Waals surface area contributed by atoms with E-state index in [2.05, 4.69) is 43.0 Å². The van der Waals surface area contributed by atoms with Gasteiger partial charge in [0.2, 0.25) is 0 Å². The molecule has 0 atom stereocenters. The molecule has 0 amide bonds. The Morgan fingerprint density at radius 1 is 0.271 bits per heavy atom. The van der Waals surface area contributed by atoms with Crippen molar-refractivity contribution in [2.24, 2.45) is 0 Å². The van der Waals surface area contributed by atoms with E-state index in [4.69, 9.17) is 0 Å².